The number of halogens is 3. The van der Waals surface area contributed by atoms with E-state index in [4.69, 9.17) is 27.9 Å². The molecule has 1 aromatic heterocycles. The maximum Gasteiger partial charge on any atom is 0.224 e. The van der Waals surface area contributed by atoms with Crippen LogP contribution >= 0.6 is 23.2 Å². The quantitative estimate of drug-likeness (QED) is 0.742. The Morgan fingerprint density at radius 1 is 1.26 bits per heavy atom. The Labute approximate surface area is 121 Å². The Morgan fingerprint density at radius 2 is 2.00 bits per heavy atom. The third-order valence-corrected chi connectivity index (χ3v) is 3.23. The SMILES string of the molecule is Cc1cc(C)c(CCl)c(Oc2ccc(F)c(Cl)c2)n1. The van der Waals surface area contributed by atoms with Gasteiger partial charge in [-0.3, -0.25) is 0 Å². The van der Waals surface area contributed by atoms with Gasteiger partial charge in [0.15, 0.2) is 0 Å². The molecule has 100 valence electrons. The monoisotopic (exact) mass is 299 g/mol. The maximum absolute atomic E-state index is 13.1. The van der Waals surface area contributed by atoms with E-state index in [1.807, 2.05) is 19.9 Å². The van der Waals surface area contributed by atoms with Crippen molar-refractivity contribution >= 4 is 23.2 Å². The van der Waals surface area contributed by atoms with Crippen molar-refractivity contribution in [2.75, 3.05) is 0 Å². The molecule has 0 unspecified atom stereocenters. The topological polar surface area (TPSA) is 22.1 Å². The summed E-state index contributed by atoms with van der Waals surface area (Å²) in [5.41, 5.74) is 2.65. The molecule has 19 heavy (non-hydrogen) atoms. The molecule has 0 N–H and O–H groups in total. The van der Waals surface area contributed by atoms with E-state index < -0.39 is 5.82 Å². The number of alkyl halides is 1. The van der Waals surface area contributed by atoms with Crippen molar-refractivity contribution in [2.24, 2.45) is 0 Å². The standard InChI is InChI=1S/C14H12Cl2FNO/c1-8-5-9(2)18-14(11(8)7-15)19-10-3-4-13(17)12(16)6-10/h3-6H,7H2,1-2H3. The molecule has 0 saturated heterocycles. The molecule has 1 heterocycles. The van der Waals surface area contributed by atoms with E-state index in [1.165, 1.54) is 18.2 Å². The van der Waals surface area contributed by atoms with E-state index in [0.717, 1.165) is 16.8 Å². The van der Waals surface area contributed by atoms with E-state index in [0.29, 0.717) is 17.5 Å². The highest BCUT2D eigenvalue weighted by Crippen LogP contribution is 2.29. The van der Waals surface area contributed by atoms with Crippen LogP contribution in [0.3, 0.4) is 0 Å². The van der Waals surface area contributed by atoms with Crippen LogP contribution in [-0.2, 0) is 5.88 Å². The largest absolute Gasteiger partial charge is 0.439 e. The van der Waals surface area contributed by atoms with Crippen LogP contribution in [0.4, 0.5) is 4.39 Å². The van der Waals surface area contributed by atoms with Gasteiger partial charge in [0, 0.05) is 17.3 Å². The van der Waals surface area contributed by atoms with Gasteiger partial charge in [-0.1, -0.05) is 11.6 Å². The maximum atomic E-state index is 13.1. The summed E-state index contributed by atoms with van der Waals surface area (Å²) < 4.78 is 18.7. The Morgan fingerprint density at radius 3 is 2.63 bits per heavy atom. The van der Waals surface area contributed by atoms with Gasteiger partial charge < -0.3 is 4.74 Å². The molecular formula is C14H12Cl2FNO. The number of aryl methyl sites for hydroxylation is 2. The Kier molecular flexibility index (Phi) is 4.27. The lowest BCUT2D eigenvalue weighted by Gasteiger charge is -2.12. The van der Waals surface area contributed by atoms with Crippen molar-refractivity contribution in [3.8, 4) is 11.6 Å². The zero-order valence-corrected chi connectivity index (χ0v) is 12.0. The molecule has 5 heteroatoms. The molecule has 1 aromatic carbocycles. The fourth-order valence-corrected chi connectivity index (χ4v) is 2.22. The summed E-state index contributed by atoms with van der Waals surface area (Å²) in [5, 5.41) is 0.00861. The number of benzene rings is 1. The number of hydrogen-bond acceptors (Lipinski definition) is 2. The summed E-state index contributed by atoms with van der Waals surface area (Å²) in [6.07, 6.45) is 0. The third-order valence-electron chi connectivity index (χ3n) is 2.68. The highest BCUT2D eigenvalue weighted by molar-refractivity contribution is 6.30. The minimum absolute atomic E-state index is 0.00861. The number of aromatic nitrogens is 1. The summed E-state index contributed by atoms with van der Waals surface area (Å²) in [6, 6.07) is 6.09. The molecule has 0 aliphatic carbocycles. The minimum atomic E-state index is -0.486. The molecule has 0 atom stereocenters. The van der Waals surface area contributed by atoms with Crippen LogP contribution in [0, 0.1) is 19.7 Å². The van der Waals surface area contributed by atoms with Crippen molar-refractivity contribution < 1.29 is 9.13 Å². The summed E-state index contributed by atoms with van der Waals surface area (Å²) >= 11 is 11.6. The van der Waals surface area contributed by atoms with Crippen molar-refractivity contribution in [1.29, 1.82) is 0 Å². The fraction of sp³-hybridized carbons (Fsp3) is 0.214. The lowest BCUT2D eigenvalue weighted by Crippen LogP contribution is -1.98. The van der Waals surface area contributed by atoms with Crippen LogP contribution in [0.2, 0.25) is 5.02 Å². The Hall–Kier alpha value is -1.32. The van der Waals surface area contributed by atoms with Gasteiger partial charge in [0.05, 0.1) is 10.9 Å². The first-order valence-electron chi connectivity index (χ1n) is 5.67. The average molecular weight is 300 g/mol. The first-order valence-corrected chi connectivity index (χ1v) is 6.58. The number of nitrogens with zero attached hydrogens (tertiary/aromatic N) is 1. The Bertz CT molecular complexity index is 617. The van der Waals surface area contributed by atoms with Gasteiger partial charge in [-0.25, -0.2) is 9.37 Å². The predicted octanol–water partition coefficient (Wildman–Crippen LogP) is 5.02. The van der Waals surface area contributed by atoms with Gasteiger partial charge in [0.25, 0.3) is 0 Å². The van der Waals surface area contributed by atoms with Crippen molar-refractivity contribution in [3.63, 3.8) is 0 Å². The molecule has 2 aromatic rings. The van der Waals surface area contributed by atoms with Crippen molar-refractivity contribution in [1.82, 2.24) is 4.98 Å². The fourth-order valence-electron chi connectivity index (χ4n) is 1.73. The number of pyridine rings is 1. The lowest BCUT2D eigenvalue weighted by molar-refractivity contribution is 0.455. The van der Waals surface area contributed by atoms with Crippen LogP contribution < -0.4 is 4.74 Å². The van der Waals surface area contributed by atoms with Crippen LogP contribution in [-0.4, -0.2) is 4.98 Å². The third kappa shape index (κ3) is 3.17. The van der Waals surface area contributed by atoms with E-state index in [-0.39, 0.29) is 5.02 Å². The number of hydrogen-bond donors (Lipinski definition) is 0. The Balaban J connectivity index is 2.39. The van der Waals surface area contributed by atoms with Crippen LogP contribution in [0.5, 0.6) is 11.6 Å². The lowest BCUT2D eigenvalue weighted by atomic mass is 10.1. The molecule has 0 saturated carbocycles. The summed E-state index contributed by atoms with van der Waals surface area (Å²) in [4.78, 5) is 4.31. The van der Waals surface area contributed by atoms with Gasteiger partial charge in [0.1, 0.15) is 11.6 Å². The van der Waals surface area contributed by atoms with Crippen LogP contribution in [0.25, 0.3) is 0 Å². The molecule has 0 amide bonds. The highest BCUT2D eigenvalue weighted by Gasteiger charge is 2.11. The normalized spacial score (nSPS) is 10.6. The second-order valence-corrected chi connectivity index (χ2v) is 4.85. The van der Waals surface area contributed by atoms with Crippen LogP contribution in [0.1, 0.15) is 16.8 Å². The first kappa shape index (κ1) is 14.1. The zero-order valence-electron chi connectivity index (χ0n) is 10.5. The second kappa shape index (κ2) is 5.76. The van der Waals surface area contributed by atoms with Gasteiger partial charge in [-0.2, -0.15) is 0 Å². The number of ether oxygens (including phenoxy) is 1. The van der Waals surface area contributed by atoms with Gasteiger partial charge >= 0.3 is 0 Å². The smallest absolute Gasteiger partial charge is 0.224 e. The summed E-state index contributed by atoms with van der Waals surface area (Å²) in [6.45, 7) is 3.81. The van der Waals surface area contributed by atoms with Crippen molar-refractivity contribution in [2.45, 2.75) is 19.7 Å². The molecule has 0 aliphatic rings. The van der Waals surface area contributed by atoms with E-state index in [9.17, 15) is 4.39 Å². The molecule has 0 spiro atoms. The zero-order chi connectivity index (χ0) is 14.0. The molecule has 0 bridgehead atoms. The van der Waals surface area contributed by atoms with E-state index >= 15 is 0 Å². The molecule has 2 nitrogen and oxygen atoms in total. The van der Waals surface area contributed by atoms with Crippen LogP contribution in [0.15, 0.2) is 24.3 Å². The van der Waals surface area contributed by atoms with Crippen molar-refractivity contribution in [3.05, 3.63) is 51.9 Å². The summed E-state index contributed by atoms with van der Waals surface area (Å²) in [5.74, 6) is 0.661. The van der Waals surface area contributed by atoms with Gasteiger partial charge in [-0.15, -0.1) is 11.6 Å². The molecule has 2 rings (SSSR count). The van der Waals surface area contributed by atoms with E-state index in [1.54, 1.807) is 0 Å². The molecule has 0 radical (unpaired) electrons. The molecular weight excluding hydrogens is 288 g/mol. The predicted molar refractivity (Wildman–Crippen MR) is 74.8 cm³/mol. The second-order valence-electron chi connectivity index (χ2n) is 4.18. The highest BCUT2D eigenvalue weighted by atomic mass is 35.5. The van der Waals surface area contributed by atoms with Gasteiger partial charge in [0.2, 0.25) is 5.88 Å². The van der Waals surface area contributed by atoms with E-state index in [2.05, 4.69) is 4.98 Å². The molecule has 0 fully saturated rings. The average Bonchev–Trinajstić information content (AvgIpc) is 2.33. The molecule has 0 aliphatic heterocycles. The minimum Gasteiger partial charge on any atom is -0.439 e. The van der Waals surface area contributed by atoms with Gasteiger partial charge in [-0.05, 0) is 37.6 Å². The first-order chi connectivity index (χ1) is 9.01. The summed E-state index contributed by atoms with van der Waals surface area (Å²) in [7, 11) is 0. The number of rotatable bonds is 3.